The fourth-order valence-corrected chi connectivity index (χ4v) is 3.31. The molecule has 0 saturated carbocycles. The molecule has 3 heteroatoms. The van der Waals surface area contributed by atoms with Gasteiger partial charge in [0.2, 0.25) is 0 Å². The third kappa shape index (κ3) is 3.17. The first-order chi connectivity index (χ1) is 9.52. The van der Waals surface area contributed by atoms with Crippen LogP contribution in [0.4, 0.5) is 0 Å². The largest absolute Gasteiger partial charge is 0.496 e. The maximum Gasteiger partial charge on any atom is 0.124 e. The second kappa shape index (κ2) is 6.33. The summed E-state index contributed by atoms with van der Waals surface area (Å²) in [4.78, 5) is 2.38. The Labute approximate surface area is 125 Å². The Hall–Kier alpha value is -1.45. The maximum atomic E-state index is 6.11. The molecular weight excluding hydrogens is 266 g/mol. The van der Waals surface area contributed by atoms with Gasteiger partial charge in [0.15, 0.2) is 0 Å². The molecule has 0 aromatic heterocycles. The van der Waals surface area contributed by atoms with E-state index in [9.17, 15) is 0 Å². The van der Waals surface area contributed by atoms with Crippen LogP contribution in [0.25, 0.3) is 0 Å². The number of rotatable bonds is 4. The molecule has 0 unspecified atom stereocenters. The first-order valence-corrected chi connectivity index (χ1v) is 7.52. The van der Waals surface area contributed by atoms with E-state index in [0.717, 1.165) is 16.2 Å². The van der Waals surface area contributed by atoms with Gasteiger partial charge in [0, 0.05) is 21.4 Å². The molecule has 0 amide bonds. The van der Waals surface area contributed by atoms with Gasteiger partial charge in [0.1, 0.15) is 5.75 Å². The van der Waals surface area contributed by atoms with Gasteiger partial charge in [-0.05, 0) is 56.2 Å². The van der Waals surface area contributed by atoms with Gasteiger partial charge in [-0.1, -0.05) is 23.9 Å². The number of aryl methyl sites for hydroxylation is 2. The average Bonchev–Trinajstić information content (AvgIpc) is 2.42. The van der Waals surface area contributed by atoms with Crippen molar-refractivity contribution in [2.45, 2.75) is 36.6 Å². The third-order valence-electron chi connectivity index (χ3n) is 3.41. The molecule has 106 valence electrons. The number of hydrogen-bond donors (Lipinski definition) is 1. The van der Waals surface area contributed by atoms with Gasteiger partial charge < -0.3 is 10.5 Å². The van der Waals surface area contributed by atoms with Crippen LogP contribution in [0.5, 0.6) is 5.75 Å². The number of ether oxygens (including phenoxy) is 1. The van der Waals surface area contributed by atoms with Crippen molar-refractivity contribution in [3.05, 3.63) is 53.1 Å². The van der Waals surface area contributed by atoms with Crippen molar-refractivity contribution < 1.29 is 4.74 Å². The predicted octanol–water partition coefficient (Wildman–Crippen LogP) is 4.48. The lowest BCUT2D eigenvalue weighted by molar-refractivity contribution is 0.405. The van der Waals surface area contributed by atoms with E-state index < -0.39 is 0 Å². The Morgan fingerprint density at radius 3 is 2.45 bits per heavy atom. The molecule has 0 aliphatic heterocycles. The zero-order valence-electron chi connectivity index (χ0n) is 12.4. The first kappa shape index (κ1) is 14.9. The summed E-state index contributed by atoms with van der Waals surface area (Å²) in [6, 6.07) is 12.5. The summed E-state index contributed by atoms with van der Waals surface area (Å²) in [5.41, 5.74) is 9.79. The molecule has 0 saturated heterocycles. The van der Waals surface area contributed by atoms with E-state index in [0.29, 0.717) is 0 Å². The minimum Gasteiger partial charge on any atom is -0.496 e. The minimum atomic E-state index is -0.0554. The average molecular weight is 287 g/mol. The van der Waals surface area contributed by atoms with Crippen molar-refractivity contribution in [1.29, 1.82) is 0 Å². The molecule has 20 heavy (non-hydrogen) atoms. The Morgan fingerprint density at radius 2 is 1.85 bits per heavy atom. The maximum absolute atomic E-state index is 6.11. The highest BCUT2D eigenvalue weighted by molar-refractivity contribution is 7.99. The van der Waals surface area contributed by atoms with E-state index in [2.05, 4.69) is 38.1 Å². The van der Waals surface area contributed by atoms with Gasteiger partial charge in [-0.15, -0.1) is 0 Å². The third-order valence-corrected chi connectivity index (χ3v) is 4.47. The van der Waals surface area contributed by atoms with Crippen LogP contribution in [0.15, 0.2) is 46.2 Å². The second-order valence-electron chi connectivity index (χ2n) is 5.01. The van der Waals surface area contributed by atoms with Crippen molar-refractivity contribution in [2.75, 3.05) is 7.11 Å². The normalized spacial score (nSPS) is 12.2. The number of nitrogens with two attached hydrogens (primary N) is 1. The van der Waals surface area contributed by atoms with E-state index in [-0.39, 0.29) is 6.04 Å². The van der Waals surface area contributed by atoms with Gasteiger partial charge in [-0.3, -0.25) is 0 Å². The van der Waals surface area contributed by atoms with Gasteiger partial charge in [0.05, 0.1) is 7.11 Å². The highest BCUT2D eigenvalue weighted by Crippen LogP contribution is 2.38. The molecule has 0 heterocycles. The molecular formula is C17H21NOS. The van der Waals surface area contributed by atoms with Crippen molar-refractivity contribution in [1.82, 2.24) is 0 Å². The summed E-state index contributed by atoms with van der Waals surface area (Å²) < 4.78 is 5.43. The van der Waals surface area contributed by atoms with Crippen molar-refractivity contribution in [3.63, 3.8) is 0 Å². The summed E-state index contributed by atoms with van der Waals surface area (Å²) in [6.07, 6.45) is 0. The van der Waals surface area contributed by atoms with Crippen LogP contribution in [0.3, 0.4) is 0 Å². The fourth-order valence-electron chi connectivity index (χ4n) is 2.14. The summed E-state index contributed by atoms with van der Waals surface area (Å²) in [5.74, 6) is 0.855. The molecule has 2 rings (SSSR count). The zero-order chi connectivity index (χ0) is 14.7. The Kier molecular flexibility index (Phi) is 4.73. The van der Waals surface area contributed by atoms with Gasteiger partial charge in [0.25, 0.3) is 0 Å². The lowest BCUT2D eigenvalue weighted by atomic mass is 10.1. The number of hydrogen-bond acceptors (Lipinski definition) is 3. The van der Waals surface area contributed by atoms with Gasteiger partial charge in [-0.2, -0.15) is 0 Å². The Balaban J connectivity index is 2.40. The number of methoxy groups -OCH3 is 1. The molecule has 1 atom stereocenters. The van der Waals surface area contributed by atoms with Crippen LogP contribution in [-0.4, -0.2) is 7.11 Å². The SMILES string of the molecule is COc1cccc(Sc2ccc(C)c(C)c2)c1[C@@H](C)N. The molecule has 0 aliphatic rings. The molecule has 2 aromatic carbocycles. The lowest BCUT2D eigenvalue weighted by Crippen LogP contribution is -2.08. The standard InChI is InChI=1S/C17H21NOS/c1-11-8-9-14(10-12(11)2)20-16-7-5-6-15(19-4)17(16)13(3)18/h5-10,13H,18H2,1-4H3/t13-/m1/s1. The quantitative estimate of drug-likeness (QED) is 0.900. The van der Waals surface area contributed by atoms with Crippen LogP contribution < -0.4 is 10.5 Å². The van der Waals surface area contributed by atoms with E-state index >= 15 is 0 Å². The van der Waals surface area contributed by atoms with E-state index in [1.807, 2.05) is 19.1 Å². The topological polar surface area (TPSA) is 35.2 Å². The second-order valence-corrected chi connectivity index (χ2v) is 6.12. The summed E-state index contributed by atoms with van der Waals surface area (Å²) in [7, 11) is 1.69. The smallest absolute Gasteiger partial charge is 0.124 e. The fraction of sp³-hybridized carbons (Fsp3) is 0.294. The minimum absolute atomic E-state index is 0.0554. The van der Waals surface area contributed by atoms with Crippen LogP contribution in [0.2, 0.25) is 0 Å². The van der Waals surface area contributed by atoms with E-state index in [4.69, 9.17) is 10.5 Å². The van der Waals surface area contributed by atoms with Crippen molar-refractivity contribution in [3.8, 4) is 5.75 Å². The van der Waals surface area contributed by atoms with Crippen molar-refractivity contribution >= 4 is 11.8 Å². The highest BCUT2D eigenvalue weighted by Gasteiger charge is 2.14. The van der Waals surface area contributed by atoms with Crippen LogP contribution in [0.1, 0.15) is 29.7 Å². The van der Waals surface area contributed by atoms with Crippen LogP contribution in [0, 0.1) is 13.8 Å². The van der Waals surface area contributed by atoms with Gasteiger partial charge >= 0.3 is 0 Å². The summed E-state index contributed by atoms with van der Waals surface area (Å²) in [5, 5.41) is 0. The molecule has 2 nitrogen and oxygen atoms in total. The Bertz CT molecular complexity index is 608. The molecule has 0 spiro atoms. The first-order valence-electron chi connectivity index (χ1n) is 6.70. The molecule has 2 N–H and O–H groups in total. The van der Waals surface area contributed by atoms with E-state index in [1.165, 1.54) is 16.0 Å². The van der Waals surface area contributed by atoms with E-state index in [1.54, 1.807) is 18.9 Å². The Morgan fingerprint density at radius 1 is 1.10 bits per heavy atom. The van der Waals surface area contributed by atoms with Gasteiger partial charge in [-0.25, -0.2) is 0 Å². The van der Waals surface area contributed by atoms with Crippen molar-refractivity contribution in [2.24, 2.45) is 5.73 Å². The molecule has 0 radical (unpaired) electrons. The zero-order valence-corrected chi connectivity index (χ0v) is 13.3. The molecule has 2 aromatic rings. The number of benzene rings is 2. The molecule has 0 aliphatic carbocycles. The highest BCUT2D eigenvalue weighted by atomic mass is 32.2. The van der Waals surface area contributed by atoms with Crippen LogP contribution in [-0.2, 0) is 0 Å². The van der Waals surface area contributed by atoms with Crippen LogP contribution >= 0.6 is 11.8 Å². The molecule has 0 fully saturated rings. The summed E-state index contributed by atoms with van der Waals surface area (Å²) >= 11 is 1.73. The predicted molar refractivity (Wildman–Crippen MR) is 85.6 cm³/mol. The molecule has 0 bridgehead atoms. The summed E-state index contributed by atoms with van der Waals surface area (Å²) in [6.45, 7) is 6.25. The monoisotopic (exact) mass is 287 g/mol. The lowest BCUT2D eigenvalue weighted by Gasteiger charge is -2.16.